The summed E-state index contributed by atoms with van der Waals surface area (Å²) in [6, 6.07) is 4.62. The second kappa shape index (κ2) is 8.30. The van der Waals surface area contributed by atoms with Crippen molar-refractivity contribution in [1.29, 1.82) is 0 Å². The van der Waals surface area contributed by atoms with Crippen LogP contribution in [0.15, 0.2) is 12.1 Å². The molecular weight excluding hydrogens is 272 g/mol. The van der Waals surface area contributed by atoms with Crippen molar-refractivity contribution in [2.75, 3.05) is 12.3 Å². The Balaban J connectivity index is 2.23. The number of nitrogens with two attached hydrogens (primary N) is 1. The molecule has 0 bridgehead atoms. The summed E-state index contributed by atoms with van der Waals surface area (Å²) in [4.78, 5) is 2.71. The quantitative estimate of drug-likeness (QED) is 0.708. The summed E-state index contributed by atoms with van der Waals surface area (Å²) >= 11 is 3.86. The third kappa shape index (κ3) is 7.35. The van der Waals surface area contributed by atoms with Gasteiger partial charge in [0.25, 0.3) is 0 Å². The number of hydrogen-bond acceptors (Lipinski definition) is 4. The van der Waals surface area contributed by atoms with Crippen molar-refractivity contribution in [3.8, 4) is 0 Å². The first-order valence-electron chi connectivity index (χ1n) is 7.11. The lowest BCUT2D eigenvalue weighted by Crippen LogP contribution is -2.19. The Kier molecular flexibility index (Phi) is 7.44. The summed E-state index contributed by atoms with van der Waals surface area (Å²) in [6.07, 6.45) is 2.23. The maximum atomic E-state index is 6.13. The van der Waals surface area contributed by atoms with Crippen LogP contribution in [0.1, 0.15) is 56.3 Å². The van der Waals surface area contributed by atoms with E-state index < -0.39 is 0 Å². The number of hydrogen-bond donors (Lipinski definition) is 2. The predicted molar refractivity (Wildman–Crippen MR) is 90.1 cm³/mol. The molecule has 0 saturated heterocycles. The third-order valence-corrected chi connectivity index (χ3v) is 5.25. The molecule has 1 aromatic heterocycles. The van der Waals surface area contributed by atoms with Gasteiger partial charge in [-0.25, -0.2) is 0 Å². The van der Waals surface area contributed by atoms with E-state index in [0.717, 1.165) is 31.7 Å². The molecule has 0 saturated carbocycles. The summed E-state index contributed by atoms with van der Waals surface area (Å²) in [7, 11) is 0. The zero-order chi connectivity index (χ0) is 14.3. The zero-order valence-corrected chi connectivity index (χ0v) is 14.3. The standard InChI is InChI=1S/C15H28N2S2/c1-5-6-13(16)14-8-7-12(19-14)11-17-9-10-18-15(2,3)4/h7-8,13,17H,5-6,9-11,16H2,1-4H3. The molecule has 0 aliphatic carbocycles. The van der Waals surface area contributed by atoms with Crippen molar-refractivity contribution in [1.82, 2.24) is 5.32 Å². The van der Waals surface area contributed by atoms with E-state index in [0.29, 0.717) is 4.75 Å². The molecular formula is C15H28N2S2. The van der Waals surface area contributed by atoms with Crippen LogP contribution in [-0.2, 0) is 6.54 Å². The van der Waals surface area contributed by atoms with Gasteiger partial charge in [-0.1, -0.05) is 34.1 Å². The van der Waals surface area contributed by atoms with Gasteiger partial charge in [0.1, 0.15) is 0 Å². The fraction of sp³-hybridized carbons (Fsp3) is 0.733. The molecule has 1 aromatic rings. The topological polar surface area (TPSA) is 38.0 Å². The van der Waals surface area contributed by atoms with Crippen molar-refractivity contribution < 1.29 is 0 Å². The molecule has 1 rings (SSSR count). The van der Waals surface area contributed by atoms with Crippen LogP contribution in [0.25, 0.3) is 0 Å². The Morgan fingerprint density at radius 2 is 2.11 bits per heavy atom. The van der Waals surface area contributed by atoms with Crippen molar-refractivity contribution in [2.24, 2.45) is 5.73 Å². The average molecular weight is 301 g/mol. The largest absolute Gasteiger partial charge is 0.323 e. The maximum absolute atomic E-state index is 6.13. The van der Waals surface area contributed by atoms with Gasteiger partial charge in [-0.15, -0.1) is 11.3 Å². The van der Waals surface area contributed by atoms with Gasteiger partial charge in [0.15, 0.2) is 0 Å². The van der Waals surface area contributed by atoms with Gasteiger partial charge in [-0.05, 0) is 18.6 Å². The summed E-state index contributed by atoms with van der Waals surface area (Å²) in [5.41, 5.74) is 6.13. The minimum absolute atomic E-state index is 0.222. The molecule has 0 aliphatic rings. The molecule has 1 atom stereocenters. The summed E-state index contributed by atoms with van der Waals surface area (Å²) in [5.74, 6) is 1.16. The Labute approximate surface area is 126 Å². The average Bonchev–Trinajstić information content (AvgIpc) is 2.76. The van der Waals surface area contributed by atoms with Gasteiger partial charge in [0, 0.05) is 39.4 Å². The van der Waals surface area contributed by atoms with Crippen molar-refractivity contribution >= 4 is 23.1 Å². The smallest absolute Gasteiger partial charge is 0.0389 e. The SMILES string of the molecule is CCCC(N)c1ccc(CNCCSC(C)(C)C)s1. The highest BCUT2D eigenvalue weighted by atomic mass is 32.2. The molecule has 0 radical (unpaired) electrons. The lowest BCUT2D eigenvalue weighted by Gasteiger charge is -2.17. The van der Waals surface area contributed by atoms with Crippen LogP contribution in [0.5, 0.6) is 0 Å². The molecule has 4 heteroatoms. The molecule has 0 amide bonds. The molecule has 19 heavy (non-hydrogen) atoms. The highest BCUT2D eigenvalue weighted by Gasteiger charge is 2.10. The van der Waals surface area contributed by atoms with Crippen LogP contribution >= 0.6 is 23.1 Å². The fourth-order valence-corrected chi connectivity index (χ4v) is 3.66. The van der Waals surface area contributed by atoms with E-state index in [1.165, 1.54) is 9.75 Å². The monoisotopic (exact) mass is 300 g/mol. The molecule has 0 aromatic carbocycles. The summed E-state index contributed by atoms with van der Waals surface area (Å²) < 4.78 is 0.366. The van der Waals surface area contributed by atoms with Gasteiger partial charge in [0.05, 0.1) is 0 Å². The number of nitrogens with one attached hydrogen (secondary N) is 1. The summed E-state index contributed by atoms with van der Waals surface area (Å²) in [6.45, 7) is 11.0. The van der Waals surface area contributed by atoms with Gasteiger partial charge >= 0.3 is 0 Å². The molecule has 1 unspecified atom stereocenters. The van der Waals surface area contributed by atoms with E-state index in [1.807, 2.05) is 23.1 Å². The molecule has 2 nitrogen and oxygen atoms in total. The Bertz CT molecular complexity index is 355. The predicted octanol–water partition coefficient (Wildman–Crippen LogP) is 4.17. The Hall–Kier alpha value is -0.0300. The first kappa shape index (κ1) is 17.0. The second-order valence-corrected chi connectivity index (χ2v) is 8.96. The lowest BCUT2D eigenvalue weighted by molar-refractivity contribution is 0.648. The van der Waals surface area contributed by atoms with E-state index in [4.69, 9.17) is 5.73 Å². The van der Waals surface area contributed by atoms with E-state index >= 15 is 0 Å². The number of rotatable bonds is 8. The second-order valence-electron chi connectivity index (χ2n) is 5.84. The van der Waals surface area contributed by atoms with E-state index in [1.54, 1.807) is 0 Å². The number of thiophene rings is 1. The van der Waals surface area contributed by atoms with Crippen molar-refractivity contribution in [3.05, 3.63) is 21.9 Å². The Morgan fingerprint density at radius 3 is 2.74 bits per heavy atom. The minimum atomic E-state index is 0.222. The summed E-state index contributed by atoms with van der Waals surface area (Å²) in [5, 5.41) is 3.51. The number of thioether (sulfide) groups is 1. The normalized spacial score (nSPS) is 13.7. The molecule has 3 N–H and O–H groups in total. The molecule has 0 spiro atoms. The fourth-order valence-electron chi connectivity index (χ4n) is 1.78. The van der Waals surface area contributed by atoms with E-state index in [9.17, 15) is 0 Å². The molecule has 0 fully saturated rings. The van der Waals surface area contributed by atoms with Gasteiger partial charge in [0.2, 0.25) is 0 Å². The highest BCUT2D eigenvalue weighted by molar-refractivity contribution is 8.00. The molecule has 1 heterocycles. The van der Waals surface area contributed by atoms with Crippen LogP contribution in [0, 0.1) is 0 Å². The first-order chi connectivity index (χ1) is 8.92. The zero-order valence-electron chi connectivity index (χ0n) is 12.7. The molecule has 0 aliphatic heterocycles. The maximum Gasteiger partial charge on any atom is 0.0389 e. The minimum Gasteiger partial charge on any atom is -0.323 e. The van der Waals surface area contributed by atoms with E-state index in [2.05, 4.69) is 45.1 Å². The van der Waals surface area contributed by atoms with Crippen LogP contribution in [0.3, 0.4) is 0 Å². The van der Waals surface area contributed by atoms with Gasteiger partial charge in [-0.2, -0.15) is 11.8 Å². The lowest BCUT2D eigenvalue weighted by atomic mass is 10.1. The molecule has 110 valence electrons. The van der Waals surface area contributed by atoms with Crippen LogP contribution in [0.2, 0.25) is 0 Å². The van der Waals surface area contributed by atoms with Gasteiger partial charge < -0.3 is 11.1 Å². The van der Waals surface area contributed by atoms with Crippen molar-refractivity contribution in [3.63, 3.8) is 0 Å². The first-order valence-corrected chi connectivity index (χ1v) is 8.91. The van der Waals surface area contributed by atoms with E-state index in [-0.39, 0.29) is 6.04 Å². The van der Waals surface area contributed by atoms with Crippen molar-refractivity contribution in [2.45, 2.75) is 57.9 Å². The third-order valence-electron chi connectivity index (χ3n) is 2.76. The van der Waals surface area contributed by atoms with Crippen LogP contribution in [-0.4, -0.2) is 17.0 Å². The Morgan fingerprint density at radius 1 is 1.37 bits per heavy atom. The highest BCUT2D eigenvalue weighted by Crippen LogP contribution is 2.25. The van der Waals surface area contributed by atoms with Crippen LogP contribution < -0.4 is 11.1 Å². The van der Waals surface area contributed by atoms with Gasteiger partial charge in [-0.3, -0.25) is 0 Å². The van der Waals surface area contributed by atoms with Crippen LogP contribution in [0.4, 0.5) is 0 Å².